The summed E-state index contributed by atoms with van der Waals surface area (Å²) in [7, 11) is 1.63. The summed E-state index contributed by atoms with van der Waals surface area (Å²) in [5.41, 5.74) is 0. The van der Waals surface area contributed by atoms with Gasteiger partial charge >= 0.3 is 0 Å². The zero-order valence-electron chi connectivity index (χ0n) is 14.1. The van der Waals surface area contributed by atoms with Crippen molar-refractivity contribution in [2.45, 2.75) is 27.0 Å². The van der Waals surface area contributed by atoms with Gasteiger partial charge in [-0.2, -0.15) is 9.61 Å². The molecule has 0 bridgehead atoms. The van der Waals surface area contributed by atoms with Crippen LogP contribution in [0, 0.1) is 0 Å². The molecule has 2 heterocycles. The number of ether oxygens (including phenoxy) is 2. The van der Waals surface area contributed by atoms with Gasteiger partial charge in [0.2, 0.25) is 4.96 Å². The highest BCUT2D eigenvalue weighted by molar-refractivity contribution is 7.16. The van der Waals surface area contributed by atoms with E-state index in [2.05, 4.69) is 34.0 Å². The van der Waals surface area contributed by atoms with Crippen molar-refractivity contribution in [3.05, 3.63) is 35.1 Å². The maximum absolute atomic E-state index is 5.83. The molecular weight excluding hydrogens is 326 g/mol. The lowest BCUT2D eigenvalue weighted by Crippen LogP contribution is -2.23. The Morgan fingerprint density at radius 1 is 1.12 bits per heavy atom. The molecule has 0 fully saturated rings. The number of para-hydroxylation sites is 2. The molecule has 3 aromatic rings. The third kappa shape index (κ3) is 3.49. The molecule has 0 saturated carbocycles. The molecule has 1 aromatic carbocycles. The van der Waals surface area contributed by atoms with Crippen molar-refractivity contribution in [2.24, 2.45) is 0 Å². The Kier molecular flexibility index (Phi) is 5.27. The van der Waals surface area contributed by atoms with Crippen molar-refractivity contribution in [2.75, 3.05) is 20.2 Å². The smallest absolute Gasteiger partial charge is 0.234 e. The summed E-state index contributed by atoms with van der Waals surface area (Å²) in [5, 5.41) is 13.9. The highest BCUT2D eigenvalue weighted by Crippen LogP contribution is 2.27. The number of rotatable bonds is 8. The molecule has 0 atom stereocenters. The molecule has 2 aromatic heterocycles. The minimum Gasteiger partial charge on any atom is -0.493 e. The molecule has 24 heavy (non-hydrogen) atoms. The van der Waals surface area contributed by atoms with E-state index >= 15 is 0 Å². The van der Waals surface area contributed by atoms with Crippen LogP contribution in [0.1, 0.15) is 24.7 Å². The number of aromatic nitrogens is 4. The van der Waals surface area contributed by atoms with E-state index in [0.717, 1.165) is 35.4 Å². The maximum Gasteiger partial charge on any atom is 0.234 e. The van der Waals surface area contributed by atoms with Crippen LogP contribution in [0.15, 0.2) is 24.3 Å². The third-order valence-corrected chi connectivity index (χ3v) is 4.65. The number of benzene rings is 1. The Morgan fingerprint density at radius 3 is 2.58 bits per heavy atom. The fourth-order valence-electron chi connectivity index (χ4n) is 2.38. The first-order valence-electron chi connectivity index (χ1n) is 7.93. The first-order valence-corrected chi connectivity index (χ1v) is 8.75. The van der Waals surface area contributed by atoms with Crippen LogP contribution < -0.4 is 9.47 Å². The summed E-state index contributed by atoms with van der Waals surface area (Å²) < 4.78 is 12.9. The molecule has 8 heteroatoms. The minimum absolute atomic E-state index is 0.374. The second kappa shape index (κ2) is 7.59. The minimum atomic E-state index is 0.374. The number of hydrogen-bond donors (Lipinski definition) is 0. The van der Waals surface area contributed by atoms with Crippen LogP contribution in [0.3, 0.4) is 0 Å². The molecular formula is C16H21N5O2S. The van der Waals surface area contributed by atoms with Gasteiger partial charge in [-0.3, -0.25) is 4.90 Å². The molecule has 0 aliphatic carbocycles. The Hall–Kier alpha value is -2.19. The first kappa shape index (κ1) is 16.7. The van der Waals surface area contributed by atoms with Gasteiger partial charge in [0, 0.05) is 0 Å². The van der Waals surface area contributed by atoms with Crippen LogP contribution in [0.4, 0.5) is 0 Å². The Labute approximate surface area is 144 Å². The van der Waals surface area contributed by atoms with Crippen LogP contribution in [0.5, 0.6) is 11.5 Å². The van der Waals surface area contributed by atoms with Gasteiger partial charge in [-0.05, 0) is 25.2 Å². The number of methoxy groups -OCH3 is 1. The molecule has 0 aliphatic rings. The molecule has 0 N–H and O–H groups in total. The largest absolute Gasteiger partial charge is 0.493 e. The van der Waals surface area contributed by atoms with Crippen LogP contribution in [-0.4, -0.2) is 44.9 Å². The lowest BCUT2D eigenvalue weighted by molar-refractivity contribution is 0.279. The quantitative estimate of drug-likeness (QED) is 0.624. The molecule has 128 valence electrons. The predicted octanol–water partition coefficient (Wildman–Crippen LogP) is 2.62. The van der Waals surface area contributed by atoms with Crippen molar-refractivity contribution in [1.82, 2.24) is 24.7 Å². The van der Waals surface area contributed by atoms with Gasteiger partial charge in [0.15, 0.2) is 22.3 Å². The van der Waals surface area contributed by atoms with Crippen LogP contribution in [-0.2, 0) is 13.2 Å². The summed E-state index contributed by atoms with van der Waals surface area (Å²) in [6.45, 7) is 7.33. The molecule has 0 aliphatic heterocycles. The van der Waals surface area contributed by atoms with Gasteiger partial charge in [-0.15, -0.1) is 10.2 Å². The summed E-state index contributed by atoms with van der Waals surface area (Å²) in [5.74, 6) is 2.27. The Balaban J connectivity index is 1.73. The number of hydrogen-bond acceptors (Lipinski definition) is 7. The highest BCUT2D eigenvalue weighted by atomic mass is 32.1. The number of fused-ring (bicyclic) bond motifs is 1. The molecule has 0 radical (unpaired) electrons. The average Bonchev–Trinajstić information content (AvgIpc) is 3.19. The Bertz CT molecular complexity index is 797. The van der Waals surface area contributed by atoms with Crippen LogP contribution in [0.25, 0.3) is 4.96 Å². The van der Waals surface area contributed by atoms with E-state index in [4.69, 9.17) is 9.47 Å². The van der Waals surface area contributed by atoms with Crippen molar-refractivity contribution >= 4 is 16.3 Å². The van der Waals surface area contributed by atoms with Gasteiger partial charge in [-0.1, -0.05) is 37.3 Å². The van der Waals surface area contributed by atoms with Crippen molar-refractivity contribution < 1.29 is 9.47 Å². The van der Waals surface area contributed by atoms with Gasteiger partial charge in [0.25, 0.3) is 0 Å². The number of nitrogens with zero attached hydrogens (tertiary/aromatic N) is 5. The standard InChI is InChI=1S/C16H21N5O2S/c1-4-20(5-2)10-14-17-18-16-21(14)19-15(24-16)11-23-13-9-7-6-8-12(13)22-3/h6-9H,4-5,10-11H2,1-3H3. The molecule has 0 spiro atoms. The molecule has 0 unspecified atom stereocenters. The fraction of sp³-hybridized carbons (Fsp3) is 0.438. The van der Waals surface area contributed by atoms with Crippen molar-refractivity contribution in [3.63, 3.8) is 0 Å². The van der Waals surface area contributed by atoms with E-state index < -0.39 is 0 Å². The summed E-state index contributed by atoms with van der Waals surface area (Å²) >= 11 is 1.49. The van der Waals surface area contributed by atoms with Crippen LogP contribution >= 0.6 is 11.3 Å². The van der Waals surface area contributed by atoms with Gasteiger partial charge in [0.1, 0.15) is 6.61 Å². The normalized spacial score (nSPS) is 11.3. The molecule has 0 saturated heterocycles. The third-order valence-electron chi connectivity index (χ3n) is 3.78. The van der Waals surface area contributed by atoms with E-state index in [1.165, 1.54) is 11.3 Å². The van der Waals surface area contributed by atoms with Crippen LogP contribution in [0.2, 0.25) is 0 Å². The second-order valence-corrected chi connectivity index (χ2v) is 6.25. The summed E-state index contributed by atoms with van der Waals surface area (Å²) in [6, 6.07) is 7.58. The highest BCUT2D eigenvalue weighted by Gasteiger charge is 2.14. The van der Waals surface area contributed by atoms with Gasteiger partial charge in [-0.25, -0.2) is 0 Å². The second-order valence-electron chi connectivity index (χ2n) is 5.21. The first-order chi connectivity index (χ1) is 11.7. The molecule has 7 nitrogen and oxygen atoms in total. The zero-order valence-corrected chi connectivity index (χ0v) is 14.9. The predicted molar refractivity (Wildman–Crippen MR) is 92.6 cm³/mol. The monoisotopic (exact) mass is 347 g/mol. The van der Waals surface area contributed by atoms with Gasteiger partial charge < -0.3 is 9.47 Å². The van der Waals surface area contributed by atoms with Gasteiger partial charge in [0.05, 0.1) is 13.7 Å². The van der Waals surface area contributed by atoms with Crippen molar-refractivity contribution in [3.8, 4) is 11.5 Å². The summed E-state index contributed by atoms with van der Waals surface area (Å²) in [6.07, 6.45) is 0. The average molecular weight is 347 g/mol. The van der Waals surface area contributed by atoms with E-state index in [1.807, 2.05) is 28.8 Å². The molecule has 3 rings (SSSR count). The summed E-state index contributed by atoms with van der Waals surface area (Å²) in [4.78, 5) is 3.07. The maximum atomic E-state index is 5.83. The van der Waals surface area contributed by atoms with E-state index in [9.17, 15) is 0 Å². The topological polar surface area (TPSA) is 64.8 Å². The van der Waals surface area contributed by atoms with E-state index in [0.29, 0.717) is 18.1 Å². The van der Waals surface area contributed by atoms with E-state index in [1.54, 1.807) is 7.11 Å². The SMILES string of the molecule is CCN(CC)Cc1nnc2sc(COc3ccccc3OC)nn12. The fourth-order valence-corrected chi connectivity index (χ4v) is 3.14. The molecule has 0 amide bonds. The lowest BCUT2D eigenvalue weighted by atomic mass is 10.3. The van der Waals surface area contributed by atoms with E-state index in [-0.39, 0.29) is 0 Å². The zero-order chi connectivity index (χ0) is 16.9. The lowest BCUT2D eigenvalue weighted by Gasteiger charge is -2.15. The Morgan fingerprint density at radius 2 is 1.88 bits per heavy atom. The van der Waals surface area contributed by atoms with Crippen molar-refractivity contribution in [1.29, 1.82) is 0 Å².